The fraction of sp³-hybridized carbons (Fsp3) is 0.267. The fourth-order valence-electron chi connectivity index (χ4n) is 1.91. The van der Waals surface area contributed by atoms with Gasteiger partial charge in [-0.3, -0.25) is 4.98 Å². The van der Waals surface area contributed by atoms with E-state index in [4.69, 9.17) is 0 Å². The lowest BCUT2D eigenvalue weighted by Crippen LogP contribution is -2.29. The van der Waals surface area contributed by atoms with Gasteiger partial charge in [0.1, 0.15) is 0 Å². The number of hydrogen-bond donors (Lipinski definition) is 1. The number of anilines is 1. The molecule has 5 nitrogen and oxygen atoms in total. The Balaban J connectivity index is 2.07. The van der Waals surface area contributed by atoms with Crippen LogP contribution in [0.3, 0.4) is 0 Å². The second-order valence-corrected chi connectivity index (χ2v) is 6.72. The topological polar surface area (TPSA) is 62.3 Å². The SMILES string of the molecule is CNc1ccc(S(=O)(=O)N(C)CCc2ccccn2)cc1. The van der Waals surface area contributed by atoms with Gasteiger partial charge in [-0.1, -0.05) is 6.07 Å². The number of nitrogens with one attached hydrogen (secondary N) is 1. The van der Waals surface area contributed by atoms with Crippen molar-refractivity contribution < 1.29 is 8.42 Å². The molecule has 112 valence electrons. The van der Waals surface area contributed by atoms with E-state index in [1.165, 1.54) is 4.31 Å². The minimum atomic E-state index is -3.46. The van der Waals surface area contributed by atoms with Crippen molar-refractivity contribution in [1.82, 2.24) is 9.29 Å². The first-order valence-corrected chi connectivity index (χ1v) is 8.12. The summed E-state index contributed by atoms with van der Waals surface area (Å²) in [6.07, 6.45) is 2.30. The van der Waals surface area contributed by atoms with E-state index >= 15 is 0 Å². The van der Waals surface area contributed by atoms with Crippen molar-refractivity contribution in [3.63, 3.8) is 0 Å². The summed E-state index contributed by atoms with van der Waals surface area (Å²) in [5, 5.41) is 2.96. The summed E-state index contributed by atoms with van der Waals surface area (Å²) in [5.74, 6) is 0. The van der Waals surface area contributed by atoms with Crippen molar-refractivity contribution in [3.8, 4) is 0 Å². The molecular formula is C15H19N3O2S. The summed E-state index contributed by atoms with van der Waals surface area (Å²) >= 11 is 0. The summed E-state index contributed by atoms with van der Waals surface area (Å²) in [7, 11) is -0.0746. The number of pyridine rings is 1. The average Bonchev–Trinajstić information content (AvgIpc) is 2.53. The van der Waals surface area contributed by atoms with Gasteiger partial charge in [0.15, 0.2) is 0 Å². The van der Waals surface area contributed by atoms with Crippen LogP contribution in [-0.4, -0.2) is 38.3 Å². The fourth-order valence-corrected chi connectivity index (χ4v) is 3.08. The van der Waals surface area contributed by atoms with Crippen LogP contribution in [0.4, 0.5) is 5.69 Å². The highest BCUT2D eigenvalue weighted by Crippen LogP contribution is 2.17. The molecule has 0 amide bonds. The third-order valence-electron chi connectivity index (χ3n) is 3.26. The monoisotopic (exact) mass is 305 g/mol. The van der Waals surface area contributed by atoms with Crippen LogP contribution in [0, 0.1) is 0 Å². The Bertz CT molecular complexity index is 670. The van der Waals surface area contributed by atoms with Crippen LogP contribution < -0.4 is 5.32 Å². The molecule has 0 saturated carbocycles. The Hall–Kier alpha value is -1.92. The molecule has 0 bridgehead atoms. The second-order valence-electron chi connectivity index (χ2n) is 4.67. The van der Waals surface area contributed by atoms with Gasteiger partial charge in [0.2, 0.25) is 10.0 Å². The van der Waals surface area contributed by atoms with Gasteiger partial charge in [-0.25, -0.2) is 12.7 Å². The van der Waals surface area contributed by atoms with Crippen molar-refractivity contribution in [2.75, 3.05) is 26.0 Å². The zero-order valence-electron chi connectivity index (χ0n) is 12.2. The van der Waals surface area contributed by atoms with Crippen LogP contribution in [0.15, 0.2) is 53.6 Å². The molecule has 0 unspecified atom stereocenters. The predicted molar refractivity (Wildman–Crippen MR) is 83.7 cm³/mol. The van der Waals surface area contributed by atoms with E-state index < -0.39 is 10.0 Å². The summed E-state index contributed by atoms with van der Waals surface area (Å²) in [6, 6.07) is 12.3. The molecule has 1 aromatic heterocycles. The molecular weight excluding hydrogens is 286 g/mol. The summed E-state index contributed by atoms with van der Waals surface area (Å²) in [6.45, 7) is 0.396. The zero-order valence-corrected chi connectivity index (χ0v) is 13.0. The molecule has 0 spiro atoms. The number of aromatic nitrogens is 1. The number of benzene rings is 1. The number of rotatable bonds is 6. The number of nitrogens with zero attached hydrogens (tertiary/aromatic N) is 2. The molecule has 1 heterocycles. The van der Waals surface area contributed by atoms with Crippen LogP contribution >= 0.6 is 0 Å². The maximum Gasteiger partial charge on any atom is 0.242 e. The number of sulfonamides is 1. The maximum atomic E-state index is 12.4. The minimum Gasteiger partial charge on any atom is -0.388 e. The second kappa shape index (κ2) is 6.69. The van der Waals surface area contributed by atoms with E-state index in [-0.39, 0.29) is 0 Å². The quantitative estimate of drug-likeness (QED) is 0.886. The Kier molecular flexibility index (Phi) is 4.93. The first-order valence-electron chi connectivity index (χ1n) is 6.68. The van der Waals surface area contributed by atoms with Crippen molar-refractivity contribution in [2.45, 2.75) is 11.3 Å². The summed E-state index contributed by atoms with van der Waals surface area (Å²) < 4.78 is 26.2. The lowest BCUT2D eigenvalue weighted by molar-refractivity contribution is 0.471. The Morgan fingerprint density at radius 3 is 2.43 bits per heavy atom. The molecule has 0 saturated heterocycles. The van der Waals surface area contributed by atoms with Crippen molar-refractivity contribution in [2.24, 2.45) is 0 Å². The molecule has 1 aromatic carbocycles. The van der Waals surface area contributed by atoms with E-state index in [2.05, 4.69) is 10.3 Å². The van der Waals surface area contributed by atoms with E-state index in [0.29, 0.717) is 17.9 Å². The highest BCUT2D eigenvalue weighted by Gasteiger charge is 2.20. The van der Waals surface area contributed by atoms with Gasteiger partial charge in [0.25, 0.3) is 0 Å². The molecule has 0 aliphatic rings. The van der Waals surface area contributed by atoms with Crippen molar-refractivity contribution in [3.05, 3.63) is 54.4 Å². The smallest absolute Gasteiger partial charge is 0.242 e. The molecule has 0 fully saturated rings. The van der Waals surface area contributed by atoms with Gasteiger partial charge in [-0.2, -0.15) is 0 Å². The summed E-state index contributed by atoms with van der Waals surface area (Å²) in [5.41, 5.74) is 1.76. The molecule has 2 aromatic rings. The van der Waals surface area contributed by atoms with Gasteiger partial charge in [0.05, 0.1) is 4.90 Å². The van der Waals surface area contributed by atoms with Crippen molar-refractivity contribution in [1.29, 1.82) is 0 Å². The van der Waals surface area contributed by atoms with Crippen LogP contribution in [0.5, 0.6) is 0 Å². The highest BCUT2D eigenvalue weighted by molar-refractivity contribution is 7.89. The molecule has 0 atom stereocenters. The van der Waals surface area contributed by atoms with Gasteiger partial charge in [0, 0.05) is 44.6 Å². The maximum absolute atomic E-state index is 12.4. The zero-order chi connectivity index (χ0) is 15.3. The van der Waals surface area contributed by atoms with Crippen LogP contribution in [-0.2, 0) is 16.4 Å². The Labute approximate surface area is 125 Å². The number of likely N-dealkylation sites (N-methyl/N-ethyl adjacent to an activating group) is 1. The normalized spacial score (nSPS) is 11.6. The molecule has 0 aliphatic carbocycles. The molecule has 0 aliphatic heterocycles. The van der Waals surface area contributed by atoms with Crippen LogP contribution in [0.1, 0.15) is 5.69 Å². The lowest BCUT2D eigenvalue weighted by Gasteiger charge is -2.17. The minimum absolute atomic E-state index is 0.296. The average molecular weight is 305 g/mol. The number of hydrogen-bond acceptors (Lipinski definition) is 4. The lowest BCUT2D eigenvalue weighted by atomic mass is 10.3. The molecule has 0 radical (unpaired) electrons. The van der Waals surface area contributed by atoms with Gasteiger partial charge in [-0.15, -0.1) is 0 Å². The predicted octanol–water partition coefficient (Wildman–Crippen LogP) is 1.99. The molecule has 21 heavy (non-hydrogen) atoms. The summed E-state index contributed by atoms with van der Waals surface area (Å²) in [4.78, 5) is 4.49. The van der Waals surface area contributed by atoms with E-state index in [1.807, 2.05) is 18.2 Å². The van der Waals surface area contributed by atoms with E-state index in [0.717, 1.165) is 11.4 Å². The van der Waals surface area contributed by atoms with E-state index in [9.17, 15) is 8.42 Å². The molecule has 1 N–H and O–H groups in total. The first-order chi connectivity index (χ1) is 10.0. The van der Waals surface area contributed by atoms with Gasteiger partial charge >= 0.3 is 0 Å². The highest BCUT2D eigenvalue weighted by atomic mass is 32.2. The van der Waals surface area contributed by atoms with Crippen LogP contribution in [0.25, 0.3) is 0 Å². The first kappa shape index (κ1) is 15.5. The largest absolute Gasteiger partial charge is 0.388 e. The third kappa shape index (κ3) is 3.80. The third-order valence-corrected chi connectivity index (χ3v) is 5.13. The van der Waals surface area contributed by atoms with Crippen LogP contribution in [0.2, 0.25) is 0 Å². The van der Waals surface area contributed by atoms with Crippen molar-refractivity contribution >= 4 is 15.7 Å². The molecule has 6 heteroatoms. The standard InChI is InChI=1S/C15H19N3O2S/c1-16-13-6-8-15(9-7-13)21(19,20)18(2)12-10-14-5-3-4-11-17-14/h3-9,11,16H,10,12H2,1-2H3. The Morgan fingerprint density at radius 1 is 1.14 bits per heavy atom. The van der Waals surface area contributed by atoms with Gasteiger partial charge in [-0.05, 0) is 36.4 Å². The van der Waals surface area contributed by atoms with Gasteiger partial charge < -0.3 is 5.32 Å². The molecule has 2 rings (SSSR count). The Morgan fingerprint density at radius 2 is 1.86 bits per heavy atom. The van der Waals surface area contributed by atoms with E-state index in [1.54, 1.807) is 44.6 Å².